The molecule has 0 aliphatic carbocycles. The Labute approximate surface area is 75.3 Å². The van der Waals surface area contributed by atoms with Crippen molar-refractivity contribution < 1.29 is 0 Å². The summed E-state index contributed by atoms with van der Waals surface area (Å²) in [5.74, 6) is 0. The molecule has 0 spiro atoms. The number of halogens is 2. The zero-order valence-corrected chi connectivity index (χ0v) is 8.33. The van der Waals surface area contributed by atoms with Gasteiger partial charge in [0.15, 0.2) is 0 Å². The van der Waals surface area contributed by atoms with Crippen LogP contribution in [0.2, 0.25) is 0 Å². The normalized spacial score (nSPS) is 11.8. The zero-order chi connectivity index (χ0) is 7.33. The molecule has 0 unspecified atom stereocenters. The Hall–Kier alpha value is 1.11. The van der Waals surface area contributed by atoms with Gasteiger partial charge in [0.05, 0.1) is 0 Å². The van der Waals surface area contributed by atoms with Crippen molar-refractivity contribution in [3.05, 3.63) is 0 Å². The second kappa shape index (κ2) is 4.86. The van der Waals surface area contributed by atoms with Crippen molar-refractivity contribution in [3.8, 4) is 0 Å². The number of alkyl halides is 2. The predicted octanol–water partition coefficient (Wildman–Crippen LogP) is 2.87. The monoisotopic (exact) mass is 180 g/mol. The van der Waals surface area contributed by atoms with Crippen molar-refractivity contribution >= 4 is 39.5 Å². The fourth-order valence-electron chi connectivity index (χ4n) is 0.611. The van der Waals surface area contributed by atoms with Crippen LogP contribution >= 0.6 is 23.2 Å². The summed E-state index contributed by atoms with van der Waals surface area (Å²) in [6.45, 7) is 2.16. The molecule has 0 atom stereocenters. The Balaban J connectivity index is 3.07. The minimum atomic E-state index is -0.588. The Morgan fingerprint density at radius 2 is 1.89 bits per heavy atom. The third-order valence-electron chi connectivity index (χ3n) is 1.11. The van der Waals surface area contributed by atoms with E-state index in [0.717, 1.165) is 12.8 Å². The van der Waals surface area contributed by atoms with Crippen molar-refractivity contribution in [1.29, 1.82) is 0 Å². The van der Waals surface area contributed by atoms with Gasteiger partial charge in [0.2, 0.25) is 0 Å². The van der Waals surface area contributed by atoms with E-state index in [1.54, 1.807) is 0 Å². The van der Waals surface area contributed by atoms with E-state index in [9.17, 15) is 0 Å². The first-order chi connectivity index (χ1) is 4.06. The van der Waals surface area contributed by atoms with Gasteiger partial charge in [0.1, 0.15) is 0 Å². The van der Waals surface area contributed by atoms with Gasteiger partial charge in [-0.2, -0.15) is 0 Å². The van der Waals surface area contributed by atoms with Crippen LogP contribution in [0.1, 0.15) is 32.6 Å². The topological polar surface area (TPSA) is 0 Å². The van der Waals surface area contributed by atoms with Gasteiger partial charge >= 0.3 is 75.3 Å². The van der Waals surface area contributed by atoms with Crippen LogP contribution in [-0.2, 0) is 0 Å². The Morgan fingerprint density at radius 3 is 2.22 bits per heavy atom. The van der Waals surface area contributed by atoms with E-state index < -0.39 is 3.20 Å². The summed E-state index contributed by atoms with van der Waals surface area (Å²) in [5.41, 5.74) is 0. The summed E-state index contributed by atoms with van der Waals surface area (Å²) in [6, 6.07) is 0. The van der Waals surface area contributed by atoms with E-state index in [4.69, 9.17) is 23.2 Å². The third kappa shape index (κ3) is 9.11. The molecule has 0 saturated carbocycles. The van der Waals surface area contributed by atoms with Gasteiger partial charge in [-0.3, -0.25) is 0 Å². The first-order valence-electron chi connectivity index (χ1n) is 3.23. The number of unbranched alkanes of at least 4 members (excludes halogenated alkanes) is 2. The molecule has 0 N–H and O–H groups in total. The van der Waals surface area contributed by atoms with E-state index in [0.29, 0.717) is 0 Å². The molecule has 0 rings (SSSR count). The molecule has 0 amide bonds. The molecular formula is C6H11AlCl2+. The van der Waals surface area contributed by atoms with Crippen LogP contribution in [0.3, 0.4) is 0 Å². The van der Waals surface area contributed by atoms with Crippen LogP contribution in [0.25, 0.3) is 0 Å². The third-order valence-corrected chi connectivity index (χ3v) is 1.78. The summed E-state index contributed by atoms with van der Waals surface area (Å²) in [7, 11) is 0. The number of hydrogen-bond acceptors (Lipinski definition) is 0. The molecule has 0 aromatic heterocycles. The van der Waals surface area contributed by atoms with Crippen LogP contribution in [0.15, 0.2) is 0 Å². The summed E-state index contributed by atoms with van der Waals surface area (Å²) < 4.78 is -0.588. The standard InChI is InChI=1S/C6H11Cl2.Al/c1-2-3-4-5-6(7)8;/h2-5H2,1H3;/q;+1. The summed E-state index contributed by atoms with van der Waals surface area (Å²) in [4.78, 5) is 0. The quantitative estimate of drug-likeness (QED) is 0.355. The number of hydrogen-bond donors (Lipinski definition) is 0. The predicted molar refractivity (Wildman–Crippen MR) is 44.3 cm³/mol. The van der Waals surface area contributed by atoms with E-state index >= 15 is 0 Å². The molecule has 9 heavy (non-hydrogen) atoms. The molecule has 0 aromatic carbocycles. The van der Waals surface area contributed by atoms with Gasteiger partial charge in [-0.25, -0.2) is 0 Å². The van der Waals surface area contributed by atoms with Crippen molar-refractivity contribution in [2.45, 2.75) is 35.8 Å². The molecule has 0 saturated heterocycles. The Morgan fingerprint density at radius 1 is 1.33 bits per heavy atom. The molecule has 0 bridgehead atoms. The van der Waals surface area contributed by atoms with Gasteiger partial charge in [-0.15, -0.1) is 0 Å². The van der Waals surface area contributed by atoms with E-state index in [2.05, 4.69) is 23.2 Å². The van der Waals surface area contributed by atoms with Crippen LogP contribution in [0.4, 0.5) is 0 Å². The van der Waals surface area contributed by atoms with Crippen LogP contribution in [-0.4, -0.2) is 19.5 Å². The van der Waals surface area contributed by atoms with Crippen molar-refractivity contribution in [3.63, 3.8) is 0 Å². The molecular weight excluding hydrogens is 170 g/mol. The molecule has 0 aromatic rings. The zero-order valence-electron chi connectivity index (χ0n) is 5.66. The summed E-state index contributed by atoms with van der Waals surface area (Å²) in [6.07, 6.45) is 4.42. The summed E-state index contributed by atoms with van der Waals surface area (Å²) in [5, 5.41) is 0. The van der Waals surface area contributed by atoms with Crippen LogP contribution in [0.5, 0.6) is 0 Å². The van der Waals surface area contributed by atoms with Crippen molar-refractivity contribution in [1.82, 2.24) is 0 Å². The average Bonchev–Trinajstić information content (AvgIpc) is 1.63. The van der Waals surface area contributed by atoms with Gasteiger partial charge in [0.25, 0.3) is 0 Å². The molecule has 0 aliphatic heterocycles. The second-order valence-corrected chi connectivity index (χ2v) is 5.48. The Kier molecular flexibility index (Phi) is 5.46. The maximum atomic E-state index is 5.70. The van der Waals surface area contributed by atoms with Gasteiger partial charge in [-0.1, -0.05) is 0 Å². The minimum absolute atomic E-state index is 0.588. The van der Waals surface area contributed by atoms with E-state index in [1.165, 1.54) is 12.8 Å². The SMILES string of the molecule is CCCCC[C]([Al+])(Cl)Cl. The van der Waals surface area contributed by atoms with Gasteiger partial charge < -0.3 is 0 Å². The molecule has 0 aliphatic rings. The van der Waals surface area contributed by atoms with E-state index in [1.807, 2.05) is 0 Å². The molecule has 0 nitrogen and oxygen atoms in total. The maximum absolute atomic E-state index is 5.70. The second-order valence-electron chi connectivity index (χ2n) is 2.22. The van der Waals surface area contributed by atoms with Crippen LogP contribution < -0.4 is 0 Å². The van der Waals surface area contributed by atoms with E-state index in [-0.39, 0.29) is 0 Å². The fraction of sp³-hybridized carbons (Fsp3) is 1.00. The average molecular weight is 181 g/mol. The fourth-order valence-corrected chi connectivity index (χ4v) is 1.08. The van der Waals surface area contributed by atoms with Gasteiger partial charge in [-0.05, 0) is 0 Å². The molecule has 0 fully saturated rings. The number of rotatable bonds is 4. The first kappa shape index (κ1) is 10.1. The molecule has 1 radical (unpaired) electrons. The van der Waals surface area contributed by atoms with Gasteiger partial charge in [0, 0.05) is 0 Å². The first-order valence-corrected chi connectivity index (χ1v) is 4.56. The molecule has 0 heterocycles. The van der Waals surface area contributed by atoms with Crippen LogP contribution in [0, 0.1) is 0 Å². The Bertz CT molecular complexity index is 67.9. The van der Waals surface area contributed by atoms with Crippen molar-refractivity contribution in [2.24, 2.45) is 0 Å². The summed E-state index contributed by atoms with van der Waals surface area (Å²) >= 11 is 13.8. The molecule has 3 heteroatoms. The molecule has 51 valence electrons. The van der Waals surface area contributed by atoms with Crippen molar-refractivity contribution in [2.75, 3.05) is 0 Å².